The Morgan fingerprint density at radius 2 is 1.73 bits per heavy atom. The van der Waals surface area contributed by atoms with Gasteiger partial charge in [0, 0.05) is 43.7 Å². The molecule has 4 aromatic rings. The first-order valence-electron chi connectivity index (χ1n) is 13.4. The molecule has 1 fully saturated rings. The topological polar surface area (TPSA) is 129 Å². The van der Waals surface area contributed by atoms with Crippen molar-refractivity contribution < 1.29 is 9.59 Å². The number of nitrogens with zero attached hydrogens (tertiary/aromatic N) is 3. The summed E-state index contributed by atoms with van der Waals surface area (Å²) in [5, 5.41) is 13.9. The number of hydrogen-bond donors (Lipinski definition) is 4. The van der Waals surface area contributed by atoms with Crippen LogP contribution >= 0.6 is 23.2 Å². The highest BCUT2D eigenvalue weighted by Gasteiger charge is 2.25. The van der Waals surface area contributed by atoms with Crippen molar-refractivity contribution in [3.8, 4) is 0 Å². The predicted molar refractivity (Wildman–Crippen MR) is 163 cm³/mol. The largest absolute Gasteiger partial charge is 0.384 e. The number of aromatic nitrogens is 2. The number of carbonyl (C=O) groups excluding carboxylic acids is 2. The summed E-state index contributed by atoms with van der Waals surface area (Å²) in [5.74, 6) is 0.948. The van der Waals surface area contributed by atoms with Crippen LogP contribution < -0.4 is 16.4 Å². The third-order valence-corrected chi connectivity index (χ3v) is 8.26. The highest BCUT2D eigenvalue weighted by Crippen LogP contribution is 2.29. The van der Waals surface area contributed by atoms with Crippen LogP contribution in [0.4, 0.5) is 10.5 Å². The molecule has 3 aromatic carbocycles. The van der Waals surface area contributed by atoms with E-state index in [1.165, 1.54) is 0 Å². The van der Waals surface area contributed by atoms with Crippen molar-refractivity contribution in [3.05, 3.63) is 93.2 Å². The molecule has 3 amide bonds. The number of fused-ring (bicyclic) bond motifs is 1. The Bertz CT molecular complexity index is 1610. The van der Waals surface area contributed by atoms with E-state index in [9.17, 15) is 9.59 Å². The Labute approximate surface area is 248 Å². The number of likely N-dealkylation sites (tertiary alicyclic amines) is 1. The van der Waals surface area contributed by atoms with Crippen LogP contribution in [-0.4, -0.2) is 51.4 Å². The maximum absolute atomic E-state index is 13.3. The Kier molecular flexibility index (Phi) is 8.46. The molecule has 1 aliphatic rings. The van der Waals surface area contributed by atoms with Crippen molar-refractivity contribution in [1.82, 2.24) is 19.8 Å². The molecule has 5 rings (SSSR count). The van der Waals surface area contributed by atoms with E-state index in [0.29, 0.717) is 52.8 Å². The van der Waals surface area contributed by atoms with Gasteiger partial charge >= 0.3 is 6.03 Å². The maximum Gasteiger partial charge on any atom is 0.319 e. The van der Waals surface area contributed by atoms with Crippen LogP contribution in [0.5, 0.6) is 0 Å². The lowest BCUT2D eigenvalue weighted by Crippen LogP contribution is -2.47. The number of halogens is 2. The Morgan fingerprint density at radius 1 is 1.02 bits per heavy atom. The number of nitrogen functional groups attached to an aromatic ring is 1. The zero-order chi connectivity index (χ0) is 29.1. The zero-order valence-electron chi connectivity index (χ0n) is 22.6. The van der Waals surface area contributed by atoms with E-state index in [0.717, 1.165) is 35.3 Å². The monoisotopic (exact) mass is 591 g/mol. The van der Waals surface area contributed by atoms with Crippen LogP contribution in [0, 0.1) is 5.41 Å². The summed E-state index contributed by atoms with van der Waals surface area (Å²) < 4.78 is 2.06. The Balaban J connectivity index is 1.16. The molecule has 41 heavy (non-hydrogen) atoms. The van der Waals surface area contributed by atoms with Crippen molar-refractivity contribution in [2.24, 2.45) is 12.8 Å². The number of anilines is 1. The molecule has 0 spiro atoms. The number of carbonyl (C=O) groups is 2. The third kappa shape index (κ3) is 6.47. The fraction of sp³-hybridized carbons (Fsp3) is 0.267. The quantitative estimate of drug-likeness (QED) is 0.170. The van der Waals surface area contributed by atoms with Gasteiger partial charge in [0.2, 0.25) is 0 Å². The lowest BCUT2D eigenvalue weighted by atomic mass is 10.0. The van der Waals surface area contributed by atoms with Crippen LogP contribution in [0.3, 0.4) is 0 Å². The van der Waals surface area contributed by atoms with Crippen molar-refractivity contribution in [1.29, 1.82) is 5.41 Å². The molecule has 1 aromatic heterocycles. The van der Waals surface area contributed by atoms with Crippen molar-refractivity contribution in [2.75, 3.05) is 18.4 Å². The highest BCUT2D eigenvalue weighted by molar-refractivity contribution is 6.43. The van der Waals surface area contributed by atoms with Crippen molar-refractivity contribution in [2.45, 2.75) is 31.7 Å². The van der Waals surface area contributed by atoms with Gasteiger partial charge in [0.1, 0.15) is 11.7 Å². The summed E-state index contributed by atoms with van der Waals surface area (Å²) in [6, 6.07) is 18.0. The number of imidazole rings is 1. The SMILES string of the molecule is Cn1c(CCc2ccc(C(=N)N)cc2)nc2cc(C(=O)N3CCC(NC(=O)Nc4cccc(Cl)c4Cl)CC3)ccc21. The number of piperidine rings is 1. The Morgan fingerprint density at radius 3 is 2.44 bits per heavy atom. The van der Waals surface area contributed by atoms with Gasteiger partial charge in [0.25, 0.3) is 5.91 Å². The lowest BCUT2D eigenvalue weighted by Gasteiger charge is -2.32. The molecule has 212 valence electrons. The van der Waals surface area contributed by atoms with Crippen molar-refractivity contribution >= 4 is 57.7 Å². The Hall–Kier alpha value is -4.08. The fourth-order valence-electron chi connectivity index (χ4n) is 5.07. The predicted octanol–water partition coefficient (Wildman–Crippen LogP) is 5.38. The number of amidine groups is 1. The summed E-state index contributed by atoms with van der Waals surface area (Å²) >= 11 is 12.2. The average molecular weight is 593 g/mol. The van der Waals surface area contributed by atoms with Crippen LogP contribution in [0.2, 0.25) is 10.0 Å². The second-order valence-electron chi connectivity index (χ2n) is 10.2. The minimum atomic E-state index is -0.358. The summed E-state index contributed by atoms with van der Waals surface area (Å²) in [6.45, 7) is 1.07. The van der Waals surface area contributed by atoms with Gasteiger partial charge in [-0.05, 0) is 55.2 Å². The van der Waals surface area contributed by atoms with E-state index in [2.05, 4.69) is 15.2 Å². The number of nitrogens with one attached hydrogen (secondary N) is 3. The van der Waals surface area contributed by atoms with Gasteiger partial charge in [-0.3, -0.25) is 10.2 Å². The number of rotatable bonds is 7. The number of aryl methyl sites for hydroxylation is 3. The van der Waals surface area contributed by atoms with Crippen LogP contribution in [0.15, 0.2) is 60.7 Å². The first kappa shape index (κ1) is 28.4. The van der Waals surface area contributed by atoms with Crippen LogP contribution in [0.1, 0.15) is 40.2 Å². The molecular weight excluding hydrogens is 561 g/mol. The number of hydrogen-bond acceptors (Lipinski definition) is 4. The summed E-state index contributed by atoms with van der Waals surface area (Å²) in [7, 11) is 1.99. The van der Waals surface area contributed by atoms with E-state index in [-0.39, 0.29) is 23.8 Å². The number of nitrogens with two attached hydrogens (primary N) is 1. The van der Waals surface area contributed by atoms with Gasteiger partial charge in [-0.1, -0.05) is 53.5 Å². The molecule has 0 aliphatic carbocycles. The molecule has 11 heteroatoms. The van der Waals surface area contributed by atoms with Crippen molar-refractivity contribution in [3.63, 3.8) is 0 Å². The van der Waals surface area contributed by atoms with Gasteiger partial charge in [0.05, 0.1) is 26.8 Å². The molecular formula is C30H31Cl2N7O2. The molecule has 1 aliphatic heterocycles. The first-order chi connectivity index (χ1) is 19.7. The zero-order valence-corrected chi connectivity index (χ0v) is 24.1. The summed E-state index contributed by atoms with van der Waals surface area (Å²) in [5.41, 5.74) is 10.2. The third-order valence-electron chi connectivity index (χ3n) is 7.44. The highest BCUT2D eigenvalue weighted by atomic mass is 35.5. The first-order valence-corrected chi connectivity index (χ1v) is 14.1. The normalized spacial score (nSPS) is 13.8. The summed E-state index contributed by atoms with van der Waals surface area (Å²) in [4.78, 5) is 32.4. The fourth-order valence-corrected chi connectivity index (χ4v) is 5.41. The van der Waals surface area contributed by atoms with E-state index in [1.807, 2.05) is 54.4 Å². The standard InChI is InChI=1S/C30H31Cl2N7O2/c1-38-25-11-10-20(17-24(25)36-26(38)12-7-18-5-8-19(9-6-18)28(33)34)29(40)39-15-13-21(14-16-39)35-30(41)37-23-4-2-3-22(31)27(23)32/h2-6,8-11,17,21H,7,12-16H2,1H3,(H3,33,34)(H2,35,37,41). The minimum Gasteiger partial charge on any atom is -0.384 e. The van der Waals surface area contributed by atoms with Gasteiger partial charge in [0.15, 0.2) is 0 Å². The van der Waals surface area contributed by atoms with Gasteiger partial charge in [-0.15, -0.1) is 0 Å². The molecule has 0 saturated carbocycles. The van der Waals surface area contributed by atoms with E-state index in [4.69, 9.17) is 39.3 Å². The van der Waals surface area contributed by atoms with Gasteiger partial charge in [-0.2, -0.15) is 0 Å². The number of benzene rings is 3. The second kappa shape index (κ2) is 12.2. The molecule has 1 saturated heterocycles. The summed E-state index contributed by atoms with van der Waals surface area (Å²) in [6.07, 6.45) is 2.83. The smallest absolute Gasteiger partial charge is 0.319 e. The van der Waals surface area contributed by atoms with Gasteiger partial charge in [-0.25, -0.2) is 9.78 Å². The maximum atomic E-state index is 13.3. The number of urea groups is 1. The second-order valence-corrected chi connectivity index (χ2v) is 11.0. The average Bonchev–Trinajstić information content (AvgIpc) is 3.29. The van der Waals surface area contributed by atoms with E-state index in [1.54, 1.807) is 18.2 Å². The van der Waals surface area contributed by atoms with Crippen LogP contribution in [-0.2, 0) is 19.9 Å². The molecule has 0 bridgehead atoms. The lowest BCUT2D eigenvalue weighted by molar-refractivity contribution is 0.0709. The molecule has 2 heterocycles. The van der Waals surface area contributed by atoms with Gasteiger partial charge < -0.3 is 25.8 Å². The molecule has 9 nitrogen and oxygen atoms in total. The molecule has 0 unspecified atom stereocenters. The number of amides is 3. The molecule has 0 radical (unpaired) electrons. The molecule has 0 atom stereocenters. The molecule has 5 N–H and O–H groups in total. The minimum absolute atomic E-state index is 0.0433. The van der Waals surface area contributed by atoms with Crippen LogP contribution in [0.25, 0.3) is 11.0 Å². The van der Waals surface area contributed by atoms with E-state index < -0.39 is 0 Å². The van der Waals surface area contributed by atoms with E-state index >= 15 is 0 Å².